The number of carboxylic acids is 1. The lowest BCUT2D eigenvalue weighted by Gasteiger charge is -2.31. The van der Waals surface area contributed by atoms with Crippen LogP contribution in [0.4, 0.5) is 0 Å². The Balaban J connectivity index is 2.35. The highest BCUT2D eigenvalue weighted by Crippen LogP contribution is 2.17. The molecule has 8 heteroatoms. The summed E-state index contributed by atoms with van der Waals surface area (Å²) in [6.07, 6.45) is 2.13. The van der Waals surface area contributed by atoms with Crippen LogP contribution in [0.3, 0.4) is 0 Å². The van der Waals surface area contributed by atoms with E-state index in [4.69, 9.17) is 5.11 Å². The van der Waals surface area contributed by atoms with E-state index in [9.17, 15) is 18.0 Å². The van der Waals surface area contributed by atoms with E-state index in [1.54, 1.807) is 16.8 Å². The number of nitrogens with zero attached hydrogens (tertiary/aromatic N) is 2. The molecular weight excluding hydrogens is 284 g/mol. The van der Waals surface area contributed by atoms with Crippen LogP contribution in [0.2, 0.25) is 0 Å². The number of likely N-dealkylation sites (N-methyl/N-ethyl adjacent to an activating group) is 1. The number of hydrogen-bond acceptors (Lipinski definition) is 5. The van der Waals surface area contributed by atoms with E-state index in [-0.39, 0.29) is 24.1 Å². The number of carbonyl (C=O) groups is 2. The fourth-order valence-corrected chi connectivity index (χ4v) is 2.75. The normalized spacial score (nSPS) is 17.4. The Hall–Kier alpha value is -1.15. The molecule has 7 nitrogen and oxygen atoms in total. The number of hydrogen-bond donors (Lipinski definition) is 1. The molecule has 1 rings (SSSR count). The van der Waals surface area contributed by atoms with E-state index < -0.39 is 15.8 Å². The van der Waals surface area contributed by atoms with Gasteiger partial charge in [-0.2, -0.15) is 0 Å². The van der Waals surface area contributed by atoms with Crippen LogP contribution in [0.1, 0.15) is 12.8 Å². The molecule has 1 fully saturated rings. The summed E-state index contributed by atoms with van der Waals surface area (Å²) in [7, 11) is -1.33. The molecule has 1 aliphatic heterocycles. The zero-order valence-electron chi connectivity index (χ0n) is 11.9. The third kappa shape index (κ3) is 5.87. The van der Waals surface area contributed by atoms with Crippen LogP contribution in [-0.2, 0) is 19.4 Å². The second-order valence-electron chi connectivity index (χ2n) is 5.36. The van der Waals surface area contributed by atoms with Crippen molar-refractivity contribution in [1.82, 2.24) is 9.80 Å². The first-order valence-electron chi connectivity index (χ1n) is 6.56. The molecular formula is C12H22N2O5S. The smallest absolute Gasteiger partial charge is 0.306 e. The Morgan fingerprint density at radius 1 is 1.30 bits per heavy atom. The standard InChI is InChI=1S/C12H22N2O5S/c1-13(7-8-20(2,18)19)9-11(15)14-5-3-10(4-6-14)12(16)17/h10H,3-9H2,1-2H3,(H,16,17). The lowest BCUT2D eigenvalue weighted by Crippen LogP contribution is -2.45. The minimum atomic E-state index is -3.03. The molecule has 0 atom stereocenters. The first-order chi connectivity index (χ1) is 9.19. The number of likely N-dealkylation sites (tertiary alicyclic amines) is 1. The van der Waals surface area contributed by atoms with Crippen LogP contribution in [0.25, 0.3) is 0 Å². The molecule has 0 radical (unpaired) electrons. The van der Waals surface area contributed by atoms with Crippen molar-refractivity contribution in [3.8, 4) is 0 Å². The highest BCUT2D eigenvalue weighted by atomic mass is 32.2. The summed E-state index contributed by atoms with van der Waals surface area (Å²) < 4.78 is 22.1. The topological polar surface area (TPSA) is 95.0 Å². The van der Waals surface area contributed by atoms with Gasteiger partial charge in [-0.05, 0) is 19.9 Å². The molecule has 20 heavy (non-hydrogen) atoms. The van der Waals surface area contributed by atoms with Crippen LogP contribution in [0.5, 0.6) is 0 Å². The third-order valence-corrected chi connectivity index (χ3v) is 4.37. The number of carboxylic acid groups (broad SMARTS) is 1. The summed E-state index contributed by atoms with van der Waals surface area (Å²) in [5.41, 5.74) is 0. The molecule has 116 valence electrons. The first kappa shape index (κ1) is 16.9. The molecule has 0 saturated carbocycles. The van der Waals surface area contributed by atoms with Crippen LogP contribution in [0.15, 0.2) is 0 Å². The van der Waals surface area contributed by atoms with Gasteiger partial charge in [-0.3, -0.25) is 14.5 Å². The largest absolute Gasteiger partial charge is 0.481 e. The van der Waals surface area contributed by atoms with Crippen LogP contribution < -0.4 is 0 Å². The predicted molar refractivity (Wildman–Crippen MR) is 74.1 cm³/mol. The molecule has 1 aliphatic rings. The minimum Gasteiger partial charge on any atom is -0.481 e. The van der Waals surface area contributed by atoms with Gasteiger partial charge in [0.25, 0.3) is 0 Å². The Labute approximate surface area is 119 Å². The summed E-state index contributed by atoms with van der Waals surface area (Å²) in [5, 5.41) is 8.89. The highest BCUT2D eigenvalue weighted by Gasteiger charge is 2.27. The molecule has 1 saturated heterocycles. The molecule has 0 aromatic carbocycles. The lowest BCUT2D eigenvalue weighted by atomic mass is 9.97. The number of aliphatic carboxylic acids is 1. The lowest BCUT2D eigenvalue weighted by molar-refractivity contribution is -0.145. The molecule has 0 aliphatic carbocycles. The molecule has 0 unspecified atom stereocenters. The van der Waals surface area contributed by atoms with Crippen molar-refractivity contribution in [2.24, 2.45) is 5.92 Å². The molecule has 0 aromatic heterocycles. The second kappa shape index (κ2) is 7.03. The number of piperidine rings is 1. The van der Waals surface area contributed by atoms with E-state index in [1.165, 1.54) is 6.26 Å². The zero-order valence-corrected chi connectivity index (χ0v) is 12.7. The second-order valence-corrected chi connectivity index (χ2v) is 7.62. The van der Waals surface area contributed by atoms with E-state index >= 15 is 0 Å². The number of amides is 1. The maximum absolute atomic E-state index is 12.0. The number of carbonyl (C=O) groups excluding carboxylic acids is 1. The minimum absolute atomic E-state index is 0.0257. The van der Waals surface area contributed by atoms with Crippen molar-refractivity contribution < 1.29 is 23.1 Å². The molecule has 1 amide bonds. The summed E-state index contributed by atoms with van der Waals surface area (Å²) in [4.78, 5) is 26.1. The maximum atomic E-state index is 12.0. The fourth-order valence-electron chi connectivity index (χ4n) is 2.11. The molecule has 0 spiro atoms. The van der Waals surface area contributed by atoms with Crippen molar-refractivity contribution in [2.45, 2.75) is 12.8 Å². The predicted octanol–water partition coefficient (Wildman–Crippen LogP) is -0.714. The SMILES string of the molecule is CN(CCS(C)(=O)=O)CC(=O)N1CCC(C(=O)O)CC1. The fraction of sp³-hybridized carbons (Fsp3) is 0.833. The molecule has 0 aromatic rings. The van der Waals surface area contributed by atoms with Gasteiger partial charge in [0, 0.05) is 25.9 Å². The molecule has 1 heterocycles. The third-order valence-electron chi connectivity index (χ3n) is 3.45. The molecule has 0 bridgehead atoms. The van der Waals surface area contributed by atoms with Crippen molar-refractivity contribution in [2.75, 3.05) is 45.2 Å². The van der Waals surface area contributed by atoms with E-state index in [1.807, 2.05) is 0 Å². The van der Waals surface area contributed by atoms with Gasteiger partial charge in [-0.15, -0.1) is 0 Å². The van der Waals surface area contributed by atoms with Gasteiger partial charge in [0.15, 0.2) is 0 Å². The van der Waals surface area contributed by atoms with E-state index in [0.717, 1.165) is 0 Å². The van der Waals surface area contributed by atoms with Gasteiger partial charge in [-0.1, -0.05) is 0 Å². The van der Waals surface area contributed by atoms with Gasteiger partial charge in [0.05, 0.1) is 18.2 Å². The maximum Gasteiger partial charge on any atom is 0.306 e. The van der Waals surface area contributed by atoms with Gasteiger partial charge in [0.2, 0.25) is 5.91 Å². The average molecular weight is 306 g/mol. The Morgan fingerprint density at radius 3 is 2.30 bits per heavy atom. The summed E-state index contributed by atoms with van der Waals surface area (Å²) in [6.45, 7) is 1.38. The van der Waals surface area contributed by atoms with Gasteiger partial charge in [0.1, 0.15) is 9.84 Å². The molecule has 1 N–H and O–H groups in total. The summed E-state index contributed by atoms with van der Waals surface area (Å²) in [5.74, 6) is -1.22. The van der Waals surface area contributed by atoms with Gasteiger partial charge >= 0.3 is 5.97 Å². The van der Waals surface area contributed by atoms with Crippen LogP contribution in [-0.4, -0.2) is 80.4 Å². The Bertz CT molecular complexity index is 454. The van der Waals surface area contributed by atoms with Crippen molar-refractivity contribution in [3.63, 3.8) is 0 Å². The zero-order chi connectivity index (χ0) is 15.3. The van der Waals surface area contributed by atoms with Crippen molar-refractivity contribution in [3.05, 3.63) is 0 Å². The Morgan fingerprint density at radius 2 is 1.85 bits per heavy atom. The monoisotopic (exact) mass is 306 g/mol. The van der Waals surface area contributed by atoms with Crippen LogP contribution >= 0.6 is 0 Å². The van der Waals surface area contributed by atoms with Crippen molar-refractivity contribution in [1.29, 1.82) is 0 Å². The number of rotatable bonds is 6. The van der Waals surface area contributed by atoms with E-state index in [2.05, 4.69) is 0 Å². The summed E-state index contributed by atoms with van der Waals surface area (Å²) in [6, 6.07) is 0. The van der Waals surface area contributed by atoms with Crippen molar-refractivity contribution >= 4 is 21.7 Å². The van der Waals surface area contributed by atoms with Crippen LogP contribution in [0, 0.1) is 5.92 Å². The van der Waals surface area contributed by atoms with Gasteiger partial charge in [-0.25, -0.2) is 8.42 Å². The average Bonchev–Trinajstić information content (AvgIpc) is 2.35. The highest BCUT2D eigenvalue weighted by molar-refractivity contribution is 7.90. The first-order valence-corrected chi connectivity index (χ1v) is 8.62. The number of sulfone groups is 1. The summed E-state index contributed by atoms with van der Waals surface area (Å²) >= 11 is 0. The van der Waals surface area contributed by atoms with Gasteiger partial charge < -0.3 is 10.0 Å². The van der Waals surface area contributed by atoms with E-state index in [0.29, 0.717) is 32.5 Å². The Kier molecular flexibility index (Phi) is 5.94. The quantitative estimate of drug-likeness (QED) is 0.696.